The van der Waals surface area contributed by atoms with E-state index in [1.165, 1.54) is 11.6 Å². The van der Waals surface area contributed by atoms with Gasteiger partial charge >= 0.3 is 5.97 Å². The minimum Gasteiger partial charge on any atom is -0.456 e. The number of carbonyl (C=O) groups excluding carboxylic acids is 1. The second-order valence-electron chi connectivity index (χ2n) is 10.3. The van der Waals surface area contributed by atoms with Gasteiger partial charge in [-0.15, -0.1) is 0 Å². The van der Waals surface area contributed by atoms with Crippen LogP contribution in [0.3, 0.4) is 0 Å². The third kappa shape index (κ3) is 8.25. The van der Waals surface area contributed by atoms with E-state index in [1.54, 1.807) is 18.2 Å². The molecular formula is C29H40O7. The topological polar surface area (TPSA) is 97.8 Å². The molecule has 4 heterocycles. The molecule has 4 rings (SSSR count). The third-order valence-electron chi connectivity index (χ3n) is 7.16. The number of aliphatic hydroxyl groups excluding tert-OH is 2. The average molecular weight is 501 g/mol. The maximum absolute atomic E-state index is 12.6. The molecule has 2 N–H and O–H groups in total. The maximum Gasteiger partial charge on any atom is 0.330 e. The van der Waals surface area contributed by atoms with Gasteiger partial charge in [-0.2, -0.15) is 0 Å². The number of ether oxygens (including phenoxy) is 4. The van der Waals surface area contributed by atoms with Crippen LogP contribution in [0, 0.1) is 0 Å². The molecule has 0 radical (unpaired) electrons. The number of cyclic esters (lactones) is 1. The van der Waals surface area contributed by atoms with Crippen molar-refractivity contribution in [1.82, 2.24) is 0 Å². The Morgan fingerprint density at radius 3 is 2.89 bits per heavy atom. The van der Waals surface area contributed by atoms with Crippen molar-refractivity contribution >= 4 is 5.97 Å². The number of fused-ring (bicyclic) bond motifs is 3. The maximum atomic E-state index is 12.6. The fraction of sp³-hybridized carbons (Fsp3) is 0.621. The molecule has 1 fully saturated rings. The lowest BCUT2D eigenvalue weighted by Gasteiger charge is -2.25. The van der Waals surface area contributed by atoms with Crippen molar-refractivity contribution in [3.8, 4) is 0 Å². The van der Waals surface area contributed by atoms with Gasteiger partial charge in [-0.3, -0.25) is 0 Å². The highest BCUT2D eigenvalue weighted by atomic mass is 16.6. The first kappa shape index (κ1) is 27.0. The Bertz CT molecular complexity index is 888. The van der Waals surface area contributed by atoms with Crippen LogP contribution >= 0.6 is 0 Å². The van der Waals surface area contributed by atoms with Crippen molar-refractivity contribution in [2.24, 2.45) is 0 Å². The molecule has 7 heteroatoms. The fourth-order valence-electron chi connectivity index (χ4n) is 5.03. The minimum absolute atomic E-state index is 0.0753. The number of hydrogen-bond donors (Lipinski definition) is 2. The zero-order valence-corrected chi connectivity index (χ0v) is 21.2. The van der Waals surface area contributed by atoms with Crippen molar-refractivity contribution in [3.63, 3.8) is 0 Å². The fourth-order valence-corrected chi connectivity index (χ4v) is 5.03. The smallest absolute Gasteiger partial charge is 0.330 e. The highest BCUT2D eigenvalue weighted by molar-refractivity contribution is 5.82. The SMILES string of the molecule is C=C1CCC[C@@H]2CC=C[C@@H](CC=CC(=O)OC([C@@H](O)C=CC3C=C(C)CCO3)C[C@@H]3O[C@H]3[C@@H](O)C1)O2. The van der Waals surface area contributed by atoms with E-state index in [4.69, 9.17) is 18.9 Å². The molecule has 36 heavy (non-hydrogen) atoms. The Balaban J connectivity index is 1.44. The summed E-state index contributed by atoms with van der Waals surface area (Å²) in [6.45, 7) is 6.83. The molecule has 0 amide bonds. The van der Waals surface area contributed by atoms with E-state index < -0.39 is 24.3 Å². The lowest BCUT2D eigenvalue weighted by molar-refractivity contribution is -0.148. The molecular weight excluding hydrogens is 460 g/mol. The van der Waals surface area contributed by atoms with E-state index in [-0.39, 0.29) is 36.9 Å². The molecule has 1 saturated heterocycles. The van der Waals surface area contributed by atoms with Crippen molar-refractivity contribution in [3.05, 3.63) is 60.3 Å². The highest BCUT2D eigenvalue weighted by Crippen LogP contribution is 2.34. The van der Waals surface area contributed by atoms with Gasteiger partial charge in [0.05, 0.1) is 37.1 Å². The molecule has 0 aromatic rings. The normalized spacial score (nSPS) is 37.4. The van der Waals surface area contributed by atoms with Gasteiger partial charge < -0.3 is 29.2 Å². The summed E-state index contributed by atoms with van der Waals surface area (Å²) in [5.41, 5.74) is 2.23. The van der Waals surface area contributed by atoms with Gasteiger partial charge in [-0.25, -0.2) is 4.79 Å². The number of rotatable bonds is 3. The molecule has 4 aliphatic heterocycles. The van der Waals surface area contributed by atoms with E-state index in [1.807, 2.05) is 12.2 Å². The zero-order valence-electron chi connectivity index (χ0n) is 21.2. The number of epoxide rings is 1. The van der Waals surface area contributed by atoms with E-state index in [9.17, 15) is 15.0 Å². The summed E-state index contributed by atoms with van der Waals surface area (Å²) in [5.74, 6) is -0.527. The van der Waals surface area contributed by atoms with Crippen LogP contribution in [0.25, 0.3) is 0 Å². The predicted octanol–water partition coefficient (Wildman–Crippen LogP) is 3.86. The van der Waals surface area contributed by atoms with Crippen LogP contribution in [0.4, 0.5) is 0 Å². The molecule has 2 bridgehead atoms. The summed E-state index contributed by atoms with van der Waals surface area (Å²) in [6, 6.07) is 0. The van der Waals surface area contributed by atoms with Crippen LogP contribution in [-0.4, -0.2) is 71.6 Å². The van der Waals surface area contributed by atoms with Gasteiger partial charge in [0, 0.05) is 12.5 Å². The van der Waals surface area contributed by atoms with Gasteiger partial charge in [0.25, 0.3) is 0 Å². The van der Waals surface area contributed by atoms with Crippen molar-refractivity contribution in [2.75, 3.05) is 6.61 Å². The first-order chi connectivity index (χ1) is 17.4. The third-order valence-corrected chi connectivity index (χ3v) is 7.16. The predicted molar refractivity (Wildman–Crippen MR) is 136 cm³/mol. The zero-order chi connectivity index (χ0) is 25.5. The van der Waals surface area contributed by atoms with E-state index in [0.29, 0.717) is 19.4 Å². The van der Waals surface area contributed by atoms with Crippen LogP contribution < -0.4 is 0 Å². The summed E-state index contributed by atoms with van der Waals surface area (Å²) in [5, 5.41) is 21.5. The second kappa shape index (κ2) is 13.0. The Morgan fingerprint density at radius 2 is 2.06 bits per heavy atom. The largest absolute Gasteiger partial charge is 0.456 e. The molecule has 0 aliphatic carbocycles. The summed E-state index contributed by atoms with van der Waals surface area (Å²) in [6.07, 6.45) is 15.3. The Morgan fingerprint density at radius 1 is 1.19 bits per heavy atom. The van der Waals surface area contributed by atoms with Crippen molar-refractivity contribution < 1.29 is 34.0 Å². The van der Waals surface area contributed by atoms with Crippen LogP contribution in [0.1, 0.15) is 58.3 Å². The van der Waals surface area contributed by atoms with Gasteiger partial charge in [0.15, 0.2) is 0 Å². The van der Waals surface area contributed by atoms with Crippen LogP contribution in [0.15, 0.2) is 60.3 Å². The van der Waals surface area contributed by atoms with Crippen LogP contribution in [0.2, 0.25) is 0 Å². The van der Waals surface area contributed by atoms with E-state index in [0.717, 1.165) is 37.7 Å². The van der Waals surface area contributed by atoms with E-state index >= 15 is 0 Å². The van der Waals surface area contributed by atoms with Gasteiger partial charge in [-0.05, 0) is 51.9 Å². The van der Waals surface area contributed by atoms with Gasteiger partial charge in [0.1, 0.15) is 18.3 Å². The van der Waals surface area contributed by atoms with Gasteiger partial charge in [0.2, 0.25) is 0 Å². The van der Waals surface area contributed by atoms with Crippen LogP contribution in [-0.2, 0) is 23.7 Å². The number of aliphatic hydroxyl groups is 2. The number of esters is 1. The minimum atomic E-state index is -1.03. The van der Waals surface area contributed by atoms with Crippen molar-refractivity contribution in [1.29, 1.82) is 0 Å². The first-order valence-electron chi connectivity index (χ1n) is 13.2. The Hall–Kier alpha value is -2.03. The molecule has 2 unspecified atom stereocenters. The monoisotopic (exact) mass is 500 g/mol. The number of carbonyl (C=O) groups is 1. The Labute approximate surface area is 214 Å². The van der Waals surface area contributed by atoms with Crippen molar-refractivity contribution in [2.45, 2.75) is 107 Å². The molecule has 0 aromatic carbocycles. The standard InChI is InChI=1S/C29H40O7/c1-19-6-3-7-21-8-4-9-22(34-21)10-5-11-28(32)35-26(18-27-29(36-27)25(31)17-19)24(30)13-12-23-16-20(2)14-15-33-23/h4-5,9,11-13,16,21-27,29-31H,1,3,6-8,10,14-15,17-18H2,2H3/t21-,22+,23?,24+,25+,26?,27+,29+/m1/s1. The summed E-state index contributed by atoms with van der Waals surface area (Å²) < 4.78 is 23.2. The van der Waals surface area contributed by atoms with E-state index in [2.05, 4.69) is 19.6 Å². The lowest BCUT2D eigenvalue weighted by Crippen LogP contribution is -2.32. The first-order valence-corrected chi connectivity index (χ1v) is 13.2. The quantitative estimate of drug-likeness (QED) is 0.345. The summed E-state index contributed by atoms with van der Waals surface area (Å²) >= 11 is 0. The lowest BCUT2D eigenvalue weighted by atomic mass is 9.97. The molecule has 7 nitrogen and oxygen atoms in total. The van der Waals surface area contributed by atoms with Crippen LogP contribution in [0.5, 0.6) is 0 Å². The summed E-state index contributed by atoms with van der Waals surface area (Å²) in [4.78, 5) is 12.6. The summed E-state index contributed by atoms with van der Waals surface area (Å²) in [7, 11) is 0. The Kier molecular flexibility index (Phi) is 9.73. The highest BCUT2D eigenvalue weighted by Gasteiger charge is 2.46. The molecule has 198 valence electrons. The number of hydrogen-bond acceptors (Lipinski definition) is 7. The second-order valence-corrected chi connectivity index (χ2v) is 10.3. The molecule has 0 aromatic heterocycles. The molecule has 0 saturated carbocycles. The van der Waals surface area contributed by atoms with Gasteiger partial charge in [-0.1, -0.05) is 54.2 Å². The molecule has 4 aliphatic rings. The average Bonchev–Trinajstić information content (AvgIpc) is 3.61. The molecule has 0 spiro atoms. The molecule has 8 atom stereocenters.